The van der Waals surface area contributed by atoms with Crippen molar-refractivity contribution in [1.29, 1.82) is 0 Å². The zero-order valence-corrected chi connectivity index (χ0v) is 13.5. The van der Waals surface area contributed by atoms with Crippen molar-refractivity contribution < 1.29 is 19.1 Å². The van der Waals surface area contributed by atoms with Gasteiger partial charge in [0.25, 0.3) is 0 Å². The second-order valence-electron chi connectivity index (χ2n) is 6.90. The summed E-state index contributed by atoms with van der Waals surface area (Å²) in [5.74, 6) is 0.135. The first-order valence-corrected chi connectivity index (χ1v) is 8.38. The number of methoxy groups -OCH3 is 1. The Kier molecular flexibility index (Phi) is 3.55. The molecule has 6 nitrogen and oxygen atoms in total. The minimum absolute atomic E-state index is 0.160. The smallest absolute Gasteiger partial charge is 0.244 e. The maximum atomic E-state index is 12.6. The Bertz CT molecular complexity index is 689. The number of fused-ring (bicyclic) bond motifs is 5. The van der Waals surface area contributed by atoms with Crippen LogP contribution in [0.4, 0.5) is 5.69 Å². The number of ether oxygens (including phenoxy) is 1. The average molecular weight is 328 g/mol. The number of nitrogens with one attached hydrogen (secondary N) is 1. The van der Waals surface area contributed by atoms with E-state index in [4.69, 9.17) is 4.74 Å². The monoisotopic (exact) mass is 328 g/mol. The number of nitrogens with zero attached hydrogens (tertiary/aromatic N) is 1. The van der Waals surface area contributed by atoms with Crippen molar-refractivity contribution in [3.05, 3.63) is 24.3 Å². The van der Waals surface area contributed by atoms with E-state index in [1.54, 1.807) is 24.3 Å². The van der Waals surface area contributed by atoms with Crippen LogP contribution in [-0.4, -0.2) is 36.3 Å². The van der Waals surface area contributed by atoms with Crippen molar-refractivity contribution in [2.24, 2.45) is 23.7 Å². The van der Waals surface area contributed by atoms with Crippen molar-refractivity contribution in [2.75, 3.05) is 19.0 Å². The molecule has 1 aromatic carbocycles. The van der Waals surface area contributed by atoms with Gasteiger partial charge in [-0.25, -0.2) is 0 Å². The fourth-order valence-electron chi connectivity index (χ4n) is 4.71. The van der Waals surface area contributed by atoms with Gasteiger partial charge in [-0.3, -0.25) is 19.3 Å². The number of carbonyl (C=O) groups is 3. The highest BCUT2D eigenvalue weighted by Crippen LogP contribution is 2.56. The van der Waals surface area contributed by atoms with Gasteiger partial charge >= 0.3 is 0 Å². The Morgan fingerprint density at radius 1 is 1.17 bits per heavy atom. The molecule has 3 amide bonds. The van der Waals surface area contributed by atoms with Gasteiger partial charge in [0.1, 0.15) is 12.3 Å². The summed E-state index contributed by atoms with van der Waals surface area (Å²) in [5, 5.41) is 2.72. The minimum Gasteiger partial charge on any atom is -0.495 e. The largest absolute Gasteiger partial charge is 0.495 e. The number of likely N-dealkylation sites (tertiary alicyclic amines) is 1. The number of amides is 3. The number of carbonyl (C=O) groups excluding carboxylic acids is 3. The first-order chi connectivity index (χ1) is 11.6. The molecule has 126 valence electrons. The van der Waals surface area contributed by atoms with Crippen LogP contribution in [-0.2, 0) is 14.4 Å². The van der Waals surface area contributed by atoms with Crippen LogP contribution in [0.1, 0.15) is 19.3 Å². The second kappa shape index (κ2) is 5.61. The van der Waals surface area contributed by atoms with E-state index in [2.05, 4.69) is 5.32 Å². The molecule has 0 radical (unpaired) electrons. The van der Waals surface area contributed by atoms with Crippen molar-refractivity contribution in [3.8, 4) is 5.75 Å². The van der Waals surface area contributed by atoms with Crippen LogP contribution in [0.2, 0.25) is 0 Å². The molecule has 1 heterocycles. The Morgan fingerprint density at radius 3 is 2.42 bits per heavy atom. The molecule has 3 fully saturated rings. The summed E-state index contributed by atoms with van der Waals surface area (Å²) >= 11 is 0. The lowest BCUT2D eigenvalue weighted by molar-refractivity contribution is -0.143. The van der Waals surface area contributed by atoms with Gasteiger partial charge in [0, 0.05) is 0 Å². The fourth-order valence-corrected chi connectivity index (χ4v) is 4.71. The molecule has 1 aromatic rings. The Morgan fingerprint density at radius 2 is 1.79 bits per heavy atom. The maximum Gasteiger partial charge on any atom is 0.244 e. The van der Waals surface area contributed by atoms with Gasteiger partial charge in [0.2, 0.25) is 17.7 Å². The number of benzene rings is 1. The lowest BCUT2D eigenvalue weighted by Crippen LogP contribution is -2.39. The van der Waals surface area contributed by atoms with Gasteiger partial charge in [-0.2, -0.15) is 0 Å². The van der Waals surface area contributed by atoms with Crippen LogP contribution in [0.25, 0.3) is 0 Å². The minimum atomic E-state index is -0.381. The molecule has 4 atom stereocenters. The Balaban J connectivity index is 1.47. The van der Waals surface area contributed by atoms with Gasteiger partial charge in [-0.05, 0) is 43.2 Å². The summed E-state index contributed by atoms with van der Waals surface area (Å²) in [6.07, 6.45) is 3.06. The molecule has 2 aliphatic carbocycles. The number of hydrogen-bond acceptors (Lipinski definition) is 4. The third-order valence-electron chi connectivity index (χ3n) is 5.70. The van der Waals surface area contributed by atoms with Crippen molar-refractivity contribution in [2.45, 2.75) is 19.3 Å². The molecular weight excluding hydrogens is 308 g/mol. The number of para-hydroxylation sites is 2. The molecule has 2 bridgehead atoms. The highest BCUT2D eigenvalue weighted by atomic mass is 16.5. The SMILES string of the molecule is COc1ccccc1NC(=O)CN1C(=O)[C@H]2[C@@H]3CC[C@@H](C3)[C@@H]2C1=O. The lowest BCUT2D eigenvalue weighted by Gasteiger charge is -2.19. The van der Waals surface area contributed by atoms with Crippen molar-refractivity contribution >= 4 is 23.4 Å². The van der Waals surface area contributed by atoms with E-state index in [1.165, 1.54) is 7.11 Å². The third-order valence-corrected chi connectivity index (χ3v) is 5.70. The van der Waals surface area contributed by atoms with E-state index in [0.717, 1.165) is 24.2 Å². The summed E-state index contributed by atoms with van der Waals surface area (Å²) < 4.78 is 5.19. The first-order valence-electron chi connectivity index (χ1n) is 8.38. The second-order valence-corrected chi connectivity index (χ2v) is 6.90. The van der Waals surface area contributed by atoms with Crippen LogP contribution in [0.5, 0.6) is 5.75 Å². The zero-order chi connectivity index (χ0) is 16.8. The van der Waals surface area contributed by atoms with Gasteiger partial charge < -0.3 is 10.1 Å². The Labute approximate surface area is 140 Å². The Hall–Kier alpha value is -2.37. The number of imide groups is 1. The van der Waals surface area contributed by atoms with Crippen LogP contribution >= 0.6 is 0 Å². The van der Waals surface area contributed by atoms with E-state index in [9.17, 15) is 14.4 Å². The quantitative estimate of drug-likeness (QED) is 0.853. The molecule has 1 aliphatic heterocycles. The molecular formula is C18H20N2O4. The van der Waals surface area contributed by atoms with Crippen LogP contribution in [0.3, 0.4) is 0 Å². The number of rotatable bonds is 4. The number of hydrogen-bond donors (Lipinski definition) is 1. The highest BCUT2D eigenvalue weighted by Gasteiger charge is 2.60. The molecule has 0 spiro atoms. The van der Waals surface area contributed by atoms with Crippen LogP contribution < -0.4 is 10.1 Å². The molecule has 0 unspecified atom stereocenters. The zero-order valence-electron chi connectivity index (χ0n) is 13.5. The summed E-state index contributed by atoms with van der Waals surface area (Å²) in [6.45, 7) is -0.220. The third kappa shape index (κ3) is 2.20. The van der Waals surface area contributed by atoms with Crippen molar-refractivity contribution in [1.82, 2.24) is 4.90 Å². The molecule has 6 heteroatoms. The van der Waals surface area contributed by atoms with E-state index >= 15 is 0 Å². The predicted molar refractivity (Wildman–Crippen MR) is 86.2 cm³/mol. The van der Waals surface area contributed by atoms with Crippen molar-refractivity contribution in [3.63, 3.8) is 0 Å². The van der Waals surface area contributed by atoms with E-state index in [0.29, 0.717) is 23.3 Å². The lowest BCUT2D eigenvalue weighted by atomic mass is 9.81. The average Bonchev–Trinajstić information content (AvgIpc) is 3.25. The van der Waals surface area contributed by atoms with Crippen LogP contribution in [0, 0.1) is 23.7 Å². The predicted octanol–water partition coefficient (Wildman–Crippen LogP) is 1.66. The molecule has 1 saturated heterocycles. The van der Waals surface area contributed by atoms with Gasteiger partial charge in [0.05, 0.1) is 24.6 Å². The van der Waals surface area contributed by atoms with Gasteiger partial charge in [-0.1, -0.05) is 12.1 Å². The molecule has 0 aromatic heterocycles. The molecule has 2 saturated carbocycles. The van der Waals surface area contributed by atoms with E-state index < -0.39 is 0 Å². The van der Waals surface area contributed by atoms with Gasteiger partial charge in [-0.15, -0.1) is 0 Å². The summed E-state index contributed by atoms with van der Waals surface area (Å²) in [5.41, 5.74) is 0.532. The molecule has 1 N–H and O–H groups in total. The maximum absolute atomic E-state index is 12.6. The standard InChI is InChI=1S/C18H20N2O4/c1-24-13-5-3-2-4-12(13)19-14(21)9-20-17(22)15-10-6-7-11(8-10)16(15)18(20)23/h2-5,10-11,15-16H,6-9H2,1H3,(H,19,21)/t10-,11+,15-,16-/m0/s1. The fraction of sp³-hybridized carbons (Fsp3) is 0.500. The summed E-state index contributed by atoms with van der Waals surface area (Å²) in [6, 6.07) is 7.05. The highest BCUT2D eigenvalue weighted by molar-refractivity contribution is 6.09. The topological polar surface area (TPSA) is 75.7 Å². The van der Waals surface area contributed by atoms with Gasteiger partial charge in [0.15, 0.2) is 0 Å². The van der Waals surface area contributed by atoms with E-state index in [-0.39, 0.29) is 36.1 Å². The molecule has 24 heavy (non-hydrogen) atoms. The first kappa shape index (κ1) is 15.2. The van der Waals surface area contributed by atoms with Crippen LogP contribution in [0.15, 0.2) is 24.3 Å². The molecule has 3 aliphatic rings. The van der Waals surface area contributed by atoms with E-state index in [1.807, 2.05) is 0 Å². The summed E-state index contributed by atoms with van der Waals surface area (Å²) in [7, 11) is 1.52. The normalized spacial score (nSPS) is 30.6. The number of anilines is 1. The molecule has 4 rings (SSSR count). The summed E-state index contributed by atoms with van der Waals surface area (Å²) in [4.78, 5) is 38.7.